The normalized spacial score (nSPS) is 11.7. The fourth-order valence-corrected chi connectivity index (χ4v) is 1.87. The lowest BCUT2D eigenvalue weighted by Crippen LogP contribution is -2.17. The fourth-order valence-electron chi connectivity index (χ4n) is 1.15. The van der Waals surface area contributed by atoms with Crippen molar-refractivity contribution in [3.05, 3.63) is 11.2 Å². The minimum atomic E-state index is -1.04. The summed E-state index contributed by atoms with van der Waals surface area (Å²) >= 11 is 1.25. The molecule has 80 valence electrons. The number of terminal acetylenes is 1. The maximum atomic E-state index is 10.8. The number of carboxylic acid groups (broad SMARTS) is 1. The number of anilines is 1. The van der Waals surface area contributed by atoms with Gasteiger partial charge in [-0.25, -0.2) is 9.78 Å². The molecule has 15 heavy (non-hydrogen) atoms. The van der Waals surface area contributed by atoms with E-state index in [9.17, 15) is 4.79 Å². The molecule has 0 saturated carbocycles. The van der Waals surface area contributed by atoms with Gasteiger partial charge in [-0.15, -0.1) is 17.8 Å². The van der Waals surface area contributed by atoms with Crippen LogP contribution in [0, 0.1) is 12.3 Å². The zero-order valence-electron chi connectivity index (χ0n) is 8.36. The Kier molecular flexibility index (Phi) is 4.13. The van der Waals surface area contributed by atoms with Crippen molar-refractivity contribution < 1.29 is 9.90 Å². The van der Waals surface area contributed by atoms with Crippen LogP contribution in [0.15, 0.2) is 5.51 Å². The molecule has 4 nitrogen and oxygen atoms in total. The highest BCUT2D eigenvalue weighted by Crippen LogP contribution is 2.21. The predicted molar refractivity (Wildman–Crippen MR) is 60.2 cm³/mol. The van der Waals surface area contributed by atoms with E-state index in [1.807, 2.05) is 6.92 Å². The van der Waals surface area contributed by atoms with Crippen LogP contribution in [0.4, 0.5) is 5.00 Å². The van der Waals surface area contributed by atoms with Gasteiger partial charge in [-0.3, -0.25) is 0 Å². The number of carboxylic acids is 1. The molecule has 0 aliphatic heterocycles. The molecule has 0 amide bonds. The first-order valence-corrected chi connectivity index (χ1v) is 5.46. The highest BCUT2D eigenvalue weighted by atomic mass is 32.1. The number of rotatable bonds is 5. The van der Waals surface area contributed by atoms with E-state index >= 15 is 0 Å². The molecule has 1 atom stereocenters. The summed E-state index contributed by atoms with van der Waals surface area (Å²) < 4.78 is 0. The summed E-state index contributed by atoms with van der Waals surface area (Å²) in [5.74, 6) is 1.55. The van der Waals surface area contributed by atoms with Gasteiger partial charge in [-0.05, 0) is 6.42 Å². The van der Waals surface area contributed by atoms with Crippen LogP contribution in [0.1, 0.15) is 30.3 Å². The van der Waals surface area contributed by atoms with Crippen molar-refractivity contribution in [1.29, 1.82) is 0 Å². The molecule has 0 fully saturated rings. The Morgan fingerprint density at radius 2 is 2.60 bits per heavy atom. The van der Waals surface area contributed by atoms with E-state index in [0.29, 0.717) is 5.00 Å². The lowest BCUT2D eigenvalue weighted by Gasteiger charge is -2.11. The van der Waals surface area contributed by atoms with Crippen molar-refractivity contribution in [2.75, 3.05) is 5.32 Å². The van der Waals surface area contributed by atoms with Crippen LogP contribution < -0.4 is 5.32 Å². The van der Waals surface area contributed by atoms with Crippen molar-refractivity contribution in [2.45, 2.75) is 25.8 Å². The zero-order chi connectivity index (χ0) is 11.3. The van der Waals surface area contributed by atoms with Gasteiger partial charge < -0.3 is 10.4 Å². The molecule has 5 heteroatoms. The molecular formula is C10H12N2O2S. The molecule has 1 aromatic rings. The standard InChI is InChI=1S/C10H12N2O2S/c1-3-5-7(4-2)12-9-8(10(13)14)11-6-15-9/h2,6-7,12H,3,5H2,1H3,(H,13,14). The number of aromatic carboxylic acids is 1. The number of nitrogens with one attached hydrogen (secondary N) is 1. The lowest BCUT2D eigenvalue weighted by atomic mass is 10.2. The Morgan fingerprint density at radius 3 is 3.13 bits per heavy atom. The molecule has 0 saturated heterocycles. The molecule has 0 spiro atoms. The predicted octanol–water partition coefficient (Wildman–Crippen LogP) is 2.06. The van der Waals surface area contributed by atoms with Gasteiger partial charge in [0.15, 0.2) is 5.69 Å². The summed E-state index contributed by atoms with van der Waals surface area (Å²) in [4.78, 5) is 14.5. The Hall–Kier alpha value is -1.54. The number of hydrogen-bond acceptors (Lipinski definition) is 4. The van der Waals surface area contributed by atoms with Crippen LogP contribution in [-0.4, -0.2) is 22.1 Å². The number of thiazole rings is 1. The molecule has 0 radical (unpaired) electrons. The summed E-state index contributed by atoms with van der Waals surface area (Å²) in [5.41, 5.74) is 1.53. The fraction of sp³-hybridized carbons (Fsp3) is 0.400. The number of hydrogen-bond donors (Lipinski definition) is 2. The second-order valence-electron chi connectivity index (χ2n) is 2.99. The Labute approximate surface area is 92.4 Å². The average molecular weight is 224 g/mol. The maximum absolute atomic E-state index is 10.8. The summed E-state index contributed by atoms with van der Waals surface area (Å²) in [6, 6.07) is -0.131. The van der Waals surface area contributed by atoms with Crippen LogP contribution in [0.5, 0.6) is 0 Å². The summed E-state index contributed by atoms with van der Waals surface area (Å²) in [6.45, 7) is 2.02. The monoisotopic (exact) mass is 224 g/mol. The van der Waals surface area contributed by atoms with Crippen molar-refractivity contribution in [3.8, 4) is 12.3 Å². The van der Waals surface area contributed by atoms with E-state index < -0.39 is 5.97 Å². The van der Waals surface area contributed by atoms with Gasteiger partial charge in [0.25, 0.3) is 0 Å². The molecule has 1 unspecified atom stereocenters. The highest BCUT2D eigenvalue weighted by Gasteiger charge is 2.15. The smallest absolute Gasteiger partial charge is 0.357 e. The number of aromatic nitrogens is 1. The molecule has 1 rings (SSSR count). The van der Waals surface area contributed by atoms with Crippen LogP contribution in [0.2, 0.25) is 0 Å². The molecule has 0 bridgehead atoms. The lowest BCUT2D eigenvalue weighted by molar-refractivity contribution is 0.0692. The van der Waals surface area contributed by atoms with Gasteiger partial charge in [0.05, 0.1) is 11.6 Å². The van der Waals surface area contributed by atoms with Gasteiger partial charge in [0, 0.05) is 0 Å². The second kappa shape index (κ2) is 5.37. The summed E-state index contributed by atoms with van der Waals surface area (Å²) in [6.07, 6.45) is 7.09. The van der Waals surface area contributed by atoms with E-state index in [4.69, 9.17) is 11.5 Å². The first-order chi connectivity index (χ1) is 7.19. The molecule has 0 aliphatic carbocycles. The van der Waals surface area contributed by atoms with Gasteiger partial charge in [-0.2, -0.15) is 0 Å². The molecule has 0 aromatic carbocycles. The first kappa shape index (κ1) is 11.5. The van der Waals surface area contributed by atoms with Crippen LogP contribution in [-0.2, 0) is 0 Å². The van der Waals surface area contributed by atoms with Crippen molar-refractivity contribution >= 4 is 22.3 Å². The summed E-state index contributed by atoms with van der Waals surface area (Å²) in [5, 5.41) is 12.3. The van der Waals surface area contributed by atoms with E-state index in [1.54, 1.807) is 0 Å². The van der Waals surface area contributed by atoms with Crippen LogP contribution in [0.25, 0.3) is 0 Å². The Balaban J connectivity index is 2.75. The Morgan fingerprint density at radius 1 is 1.87 bits per heavy atom. The van der Waals surface area contributed by atoms with Crippen molar-refractivity contribution in [2.24, 2.45) is 0 Å². The molecule has 1 aromatic heterocycles. The minimum absolute atomic E-state index is 0.0383. The Bertz CT molecular complexity index is 381. The molecule has 0 aliphatic rings. The third-order valence-electron chi connectivity index (χ3n) is 1.85. The van der Waals surface area contributed by atoms with Gasteiger partial charge in [0.2, 0.25) is 0 Å². The van der Waals surface area contributed by atoms with Gasteiger partial charge >= 0.3 is 5.97 Å². The first-order valence-electron chi connectivity index (χ1n) is 4.58. The number of carbonyl (C=O) groups is 1. The minimum Gasteiger partial charge on any atom is -0.476 e. The van der Waals surface area contributed by atoms with Crippen molar-refractivity contribution in [3.63, 3.8) is 0 Å². The largest absolute Gasteiger partial charge is 0.476 e. The molecule has 1 heterocycles. The molecule has 2 N–H and O–H groups in total. The summed E-state index contributed by atoms with van der Waals surface area (Å²) in [7, 11) is 0. The number of nitrogens with zero attached hydrogens (tertiary/aromatic N) is 1. The van der Waals surface area contributed by atoms with E-state index in [-0.39, 0.29) is 11.7 Å². The third-order valence-corrected chi connectivity index (χ3v) is 2.61. The molecular weight excluding hydrogens is 212 g/mol. The van der Waals surface area contributed by atoms with E-state index in [0.717, 1.165) is 12.8 Å². The average Bonchev–Trinajstić information content (AvgIpc) is 2.65. The van der Waals surface area contributed by atoms with E-state index in [1.165, 1.54) is 16.8 Å². The maximum Gasteiger partial charge on any atom is 0.357 e. The van der Waals surface area contributed by atoms with Gasteiger partial charge in [0.1, 0.15) is 5.00 Å². The highest BCUT2D eigenvalue weighted by molar-refractivity contribution is 7.14. The third kappa shape index (κ3) is 2.96. The van der Waals surface area contributed by atoms with Gasteiger partial charge in [-0.1, -0.05) is 19.3 Å². The van der Waals surface area contributed by atoms with Crippen molar-refractivity contribution in [1.82, 2.24) is 4.98 Å². The van der Waals surface area contributed by atoms with Crippen LogP contribution >= 0.6 is 11.3 Å². The SMILES string of the molecule is C#CC(CCC)Nc1scnc1C(=O)O. The van der Waals surface area contributed by atoms with Crippen LogP contribution in [0.3, 0.4) is 0 Å². The topological polar surface area (TPSA) is 62.2 Å². The zero-order valence-corrected chi connectivity index (χ0v) is 9.17. The quantitative estimate of drug-likeness (QED) is 0.751. The second-order valence-corrected chi connectivity index (χ2v) is 3.84. The van der Waals surface area contributed by atoms with E-state index in [2.05, 4.69) is 16.2 Å².